The van der Waals surface area contributed by atoms with Crippen LogP contribution in [-0.2, 0) is 24.3 Å². The zero-order valence-corrected chi connectivity index (χ0v) is 19.0. The minimum absolute atomic E-state index is 0.0213. The number of pyridine rings is 1. The second kappa shape index (κ2) is 9.95. The summed E-state index contributed by atoms with van der Waals surface area (Å²) in [6.07, 6.45) is 1.35. The number of halogens is 2. The predicted octanol–water partition coefficient (Wildman–Crippen LogP) is 3.36. The molecular formula is C20H21Cl2N3O5S. The van der Waals surface area contributed by atoms with Gasteiger partial charge >= 0.3 is 5.97 Å². The molecule has 1 aromatic carbocycles. The Labute approximate surface area is 190 Å². The van der Waals surface area contributed by atoms with Crippen molar-refractivity contribution in [2.24, 2.45) is 5.92 Å². The number of nitrogens with one attached hydrogen (secondary N) is 1. The highest BCUT2D eigenvalue weighted by atomic mass is 35.5. The normalized spacial score (nSPS) is 18.2. The van der Waals surface area contributed by atoms with Gasteiger partial charge in [0, 0.05) is 24.3 Å². The van der Waals surface area contributed by atoms with Crippen LogP contribution in [0, 0.1) is 5.92 Å². The molecule has 1 aromatic heterocycles. The minimum atomic E-state index is -3.77. The molecule has 2 heterocycles. The van der Waals surface area contributed by atoms with E-state index in [-0.39, 0.29) is 16.6 Å². The zero-order chi connectivity index (χ0) is 22.6. The molecule has 0 saturated carbocycles. The van der Waals surface area contributed by atoms with Crippen molar-refractivity contribution in [3.05, 3.63) is 52.8 Å². The summed E-state index contributed by atoms with van der Waals surface area (Å²) in [5.41, 5.74) is 0.301. The standard InChI is InChI=1S/C20H21Cl2N3O5S/c1-13(19(26)24-17-5-2-10-23-18(17)22)30-20(27)14-4-3-11-25(12-14)31(28,29)16-8-6-15(21)7-9-16/h2,5-10,13-14H,3-4,11-12H2,1H3,(H,24,26). The third-order valence-corrected chi connectivity index (χ3v) is 7.28. The molecule has 31 heavy (non-hydrogen) atoms. The Bertz CT molecular complexity index is 1060. The van der Waals surface area contributed by atoms with Gasteiger partial charge < -0.3 is 10.1 Å². The smallest absolute Gasteiger partial charge is 0.311 e. The first kappa shape index (κ1) is 23.5. The topological polar surface area (TPSA) is 106 Å². The number of aromatic nitrogens is 1. The first-order chi connectivity index (χ1) is 14.7. The average molecular weight is 486 g/mol. The SMILES string of the molecule is CC(OC(=O)C1CCCN(S(=O)(=O)c2ccc(Cl)cc2)C1)C(=O)Nc1cccnc1Cl. The molecule has 166 valence electrons. The van der Waals surface area contributed by atoms with Crippen LogP contribution in [0.3, 0.4) is 0 Å². The quantitative estimate of drug-likeness (QED) is 0.496. The van der Waals surface area contributed by atoms with Crippen LogP contribution in [0.5, 0.6) is 0 Å². The average Bonchev–Trinajstić information content (AvgIpc) is 2.75. The number of piperidine rings is 1. The van der Waals surface area contributed by atoms with Gasteiger partial charge in [0.25, 0.3) is 5.91 Å². The second-order valence-corrected chi connectivity index (χ2v) is 9.80. The number of esters is 1. The van der Waals surface area contributed by atoms with E-state index >= 15 is 0 Å². The maximum Gasteiger partial charge on any atom is 0.311 e. The van der Waals surface area contributed by atoms with Gasteiger partial charge in [0.1, 0.15) is 0 Å². The predicted molar refractivity (Wildman–Crippen MR) is 116 cm³/mol. The van der Waals surface area contributed by atoms with E-state index in [1.54, 1.807) is 12.1 Å². The highest BCUT2D eigenvalue weighted by molar-refractivity contribution is 7.89. The summed E-state index contributed by atoms with van der Waals surface area (Å²) in [4.78, 5) is 28.9. The molecular weight excluding hydrogens is 465 g/mol. The number of carbonyl (C=O) groups excluding carboxylic acids is 2. The summed E-state index contributed by atoms with van der Waals surface area (Å²) in [5.74, 6) is -1.87. The Kier molecular flexibility index (Phi) is 7.53. The number of amides is 1. The van der Waals surface area contributed by atoms with Crippen LogP contribution in [0.25, 0.3) is 0 Å². The maximum absolute atomic E-state index is 12.9. The molecule has 0 aliphatic carbocycles. The number of nitrogens with zero attached hydrogens (tertiary/aromatic N) is 2. The van der Waals surface area contributed by atoms with E-state index in [1.165, 1.54) is 41.7 Å². The van der Waals surface area contributed by atoms with E-state index in [2.05, 4.69) is 10.3 Å². The van der Waals surface area contributed by atoms with Gasteiger partial charge in [-0.3, -0.25) is 9.59 Å². The molecule has 1 aliphatic heterocycles. The lowest BCUT2D eigenvalue weighted by Gasteiger charge is -2.31. The van der Waals surface area contributed by atoms with Crippen LogP contribution in [0.4, 0.5) is 5.69 Å². The van der Waals surface area contributed by atoms with Crippen LogP contribution in [0.15, 0.2) is 47.5 Å². The van der Waals surface area contributed by atoms with Crippen molar-refractivity contribution >= 4 is 50.8 Å². The van der Waals surface area contributed by atoms with E-state index in [1.807, 2.05) is 0 Å². The summed E-state index contributed by atoms with van der Waals surface area (Å²) in [6.45, 7) is 1.71. The monoisotopic (exact) mass is 485 g/mol. The lowest BCUT2D eigenvalue weighted by atomic mass is 10.00. The Morgan fingerprint density at radius 1 is 1.23 bits per heavy atom. The molecule has 1 fully saturated rings. The Morgan fingerprint density at radius 3 is 2.61 bits per heavy atom. The summed E-state index contributed by atoms with van der Waals surface area (Å²) in [7, 11) is -3.77. The molecule has 0 radical (unpaired) electrons. The number of carbonyl (C=O) groups is 2. The molecule has 2 atom stereocenters. The van der Waals surface area contributed by atoms with Crippen LogP contribution in [-0.4, -0.2) is 48.8 Å². The molecule has 2 unspecified atom stereocenters. The van der Waals surface area contributed by atoms with E-state index in [0.717, 1.165) is 0 Å². The molecule has 1 saturated heterocycles. The van der Waals surface area contributed by atoms with Gasteiger partial charge in [0.2, 0.25) is 10.0 Å². The van der Waals surface area contributed by atoms with Crippen molar-refractivity contribution in [2.45, 2.75) is 30.8 Å². The number of hydrogen-bond donors (Lipinski definition) is 1. The van der Waals surface area contributed by atoms with E-state index in [9.17, 15) is 18.0 Å². The summed E-state index contributed by atoms with van der Waals surface area (Å²) < 4.78 is 32.3. The number of sulfonamides is 1. The van der Waals surface area contributed by atoms with Crippen LogP contribution >= 0.6 is 23.2 Å². The Balaban J connectivity index is 1.62. The van der Waals surface area contributed by atoms with Gasteiger partial charge in [-0.2, -0.15) is 4.31 Å². The fourth-order valence-corrected chi connectivity index (χ4v) is 4.96. The molecule has 1 amide bonds. The van der Waals surface area contributed by atoms with Crippen LogP contribution in [0.1, 0.15) is 19.8 Å². The minimum Gasteiger partial charge on any atom is -0.452 e. The number of benzene rings is 1. The van der Waals surface area contributed by atoms with Gasteiger partial charge in [0.15, 0.2) is 11.3 Å². The highest BCUT2D eigenvalue weighted by Gasteiger charge is 2.35. The fraction of sp³-hybridized carbons (Fsp3) is 0.350. The van der Waals surface area contributed by atoms with Crippen LogP contribution in [0.2, 0.25) is 10.2 Å². The van der Waals surface area contributed by atoms with Crippen molar-refractivity contribution in [1.29, 1.82) is 0 Å². The summed E-state index contributed by atoms with van der Waals surface area (Å²) >= 11 is 11.7. The van der Waals surface area contributed by atoms with Gasteiger partial charge in [-0.1, -0.05) is 23.2 Å². The Morgan fingerprint density at radius 2 is 1.94 bits per heavy atom. The van der Waals surface area contributed by atoms with E-state index < -0.39 is 33.9 Å². The molecule has 2 aromatic rings. The molecule has 0 bridgehead atoms. The molecule has 1 aliphatic rings. The zero-order valence-electron chi connectivity index (χ0n) is 16.6. The Hall–Kier alpha value is -2.20. The maximum atomic E-state index is 12.9. The lowest BCUT2D eigenvalue weighted by Crippen LogP contribution is -2.43. The van der Waals surface area contributed by atoms with Crippen molar-refractivity contribution in [3.63, 3.8) is 0 Å². The van der Waals surface area contributed by atoms with E-state index in [0.29, 0.717) is 30.1 Å². The third-order valence-electron chi connectivity index (χ3n) is 4.85. The van der Waals surface area contributed by atoms with Gasteiger partial charge in [-0.25, -0.2) is 13.4 Å². The number of anilines is 1. The van der Waals surface area contributed by atoms with Gasteiger partial charge in [0.05, 0.1) is 16.5 Å². The molecule has 11 heteroatoms. The highest BCUT2D eigenvalue weighted by Crippen LogP contribution is 2.26. The lowest BCUT2D eigenvalue weighted by molar-refractivity contribution is -0.158. The van der Waals surface area contributed by atoms with Crippen molar-refractivity contribution in [1.82, 2.24) is 9.29 Å². The second-order valence-electron chi connectivity index (χ2n) is 7.07. The van der Waals surface area contributed by atoms with Crippen LogP contribution < -0.4 is 5.32 Å². The van der Waals surface area contributed by atoms with Crippen molar-refractivity contribution in [2.75, 3.05) is 18.4 Å². The van der Waals surface area contributed by atoms with Crippen molar-refractivity contribution < 1.29 is 22.7 Å². The number of rotatable bonds is 6. The number of ether oxygens (including phenoxy) is 1. The first-order valence-electron chi connectivity index (χ1n) is 9.56. The molecule has 3 rings (SSSR count). The third kappa shape index (κ3) is 5.74. The summed E-state index contributed by atoms with van der Waals surface area (Å²) in [5, 5.41) is 3.09. The van der Waals surface area contributed by atoms with Gasteiger partial charge in [-0.15, -0.1) is 0 Å². The largest absolute Gasteiger partial charge is 0.452 e. The molecule has 8 nitrogen and oxygen atoms in total. The molecule has 0 spiro atoms. The van der Waals surface area contributed by atoms with Gasteiger partial charge in [-0.05, 0) is 56.2 Å². The van der Waals surface area contributed by atoms with Crippen molar-refractivity contribution in [3.8, 4) is 0 Å². The summed E-state index contributed by atoms with van der Waals surface area (Å²) in [6, 6.07) is 9.03. The number of hydrogen-bond acceptors (Lipinski definition) is 6. The first-order valence-corrected chi connectivity index (χ1v) is 11.8. The molecule has 1 N–H and O–H groups in total. The fourth-order valence-electron chi connectivity index (χ4n) is 3.15. The van der Waals surface area contributed by atoms with E-state index in [4.69, 9.17) is 27.9 Å².